The fourth-order valence-electron chi connectivity index (χ4n) is 1.49. The lowest BCUT2D eigenvalue weighted by Gasteiger charge is -2.11. The van der Waals surface area contributed by atoms with Gasteiger partial charge in [0, 0.05) is 11.8 Å². The Kier molecular flexibility index (Phi) is 2.85. The van der Waals surface area contributed by atoms with Crippen LogP contribution >= 0.6 is 11.6 Å². The summed E-state index contributed by atoms with van der Waals surface area (Å²) in [6.45, 7) is 1.84. The minimum atomic E-state index is -0.943. The Morgan fingerprint density at radius 3 is 2.94 bits per heavy atom. The zero-order valence-electron chi connectivity index (χ0n) is 8.64. The number of pyridine rings is 1. The van der Waals surface area contributed by atoms with Gasteiger partial charge in [-0.2, -0.15) is 0 Å². The number of halogens is 1. The van der Waals surface area contributed by atoms with Crippen LogP contribution in [0.1, 0.15) is 23.0 Å². The Morgan fingerprint density at radius 1 is 1.56 bits per heavy atom. The third kappa shape index (κ3) is 1.89. The molecule has 0 amide bonds. The summed E-state index contributed by atoms with van der Waals surface area (Å²) < 4.78 is 5.20. The van der Waals surface area contributed by atoms with E-state index in [1.54, 1.807) is 12.1 Å². The summed E-state index contributed by atoms with van der Waals surface area (Å²) in [6.07, 6.45) is 2.01. The van der Waals surface area contributed by atoms with Crippen molar-refractivity contribution in [1.82, 2.24) is 4.98 Å². The van der Waals surface area contributed by atoms with Crippen LogP contribution in [0.25, 0.3) is 0 Å². The third-order valence-corrected chi connectivity index (χ3v) is 2.57. The molecule has 0 aliphatic carbocycles. The maximum absolute atomic E-state index is 10.1. The molecule has 16 heavy (non-hydrogen) atoms. The van der Waals surface area contributed by atoms with Crippen LogP contribution in [0.2, 0.25) is 5.02 Å². The van der Waals surface area contributed by atoms with E-state index in [4.69, 9.17) is 21.8 Å². The van der Waals surface area contributed by atoms with E-state index < -0.39 is 6.10 Å². The number of nitrogens with zero attached hydrogens (tertiary/aromatic N) is 1. The van der Waals surface area contributed by atoms with Gasteiger partial charge in [-0.3, -0.25) is 0 Å². The quantitative estimate of drug-likeness (QED) is 0.842. The fraction of sp³-hybridized carbons (Fsp3) is 0.182. The van der Waals surface area contributed by atoms with Crippen molar-refractivity contribution < 1.29 is 9.52 Å². The largest absolute Gasteiger partial charge is 0.466 e. The van der Waals surface area contributed by atoms with Gasteiger partial charge < -0.3 is 15.3 Å². The highest BCUT2D eigenvalue weighted by atomic mass is 35.5. The number of nitrogens with two attached hydrogens (primary N) is 1. The van der Waals surface area contributed by atoms with Crippen LogP contribution in [0.3, 0.4) is 0 Å². The number of aryl methyl sites for hydroxylation is 1. The van der Waals surface area contributed by atoms with Crippen molar-refractivity contribution in [2.24, 2.45) is 0 Å². The first-order valence-corrected chi connectivity index (χ1v) is 5.10. The normalized spacial score (nSPS) is 12.7. The molecule has 1 unspecified atom stereocenters. The van der Waals surface area contributed by atoms with E-state index in [0.29, 0.717) is 16.3 Å². The molecule has 0 aliphatic heterocycles. The van der Waals surface area contributed by atoms with E-state index in [1.165, 1.54) is 12.5 Å². The molecule has 2 aromatic heterocycles. The van der Waals surface area contributed by atoms with Crippen LogP contribution in [0, 0.1) is 6.92 Å². The van der Waals surface area contributed by atoms with Gasteiger partial charge in [0.15, 0.2) is 0 Å². The van der Waals surface area contributed by atoms with E-state index in [9.17, 15) is 5.11 Å². The lowest BCUT2D eigenvalue weighted by molar-refractivity contribution is 0.188. The molecule has 2 aromatic rings. The van der Waals surface area contributed by atoms with Gasteiger partial charge in [0.1, 0.15) is 17.7 Å². The Labute approximate surface area is 97.7 Å². The van der Waals surface area contributed by atoms with Gasteiger partial charge in [-0.1, -0.05) is 11.6 Å². The Bertz CT molecular complexity index is 510. The second-order valence-corrected chi connectivity index (χ2v) is 3.93. The van der Waals surface area contributed by atoms with Crippen LogP contribution in [0.5, 0.6) is 0 Å². The minimum absolute atomic E-state index is 0.243. The van der Waals surface area contributed by atoms with Crippen LogP contribution in [0.4, 0.5) is 5.82 Å². The van der Waals surface area contributed by atoms with Crippen molar-refractivity contribution in [3.63, 3.8) is 0 Å². The molecule has 0 spiro atoms. The summed E-state index contributed by atoms with van der Waals surface area (Å²) in [5.41, 5.74) is 6.98. The van der Waals surface area contributed by atoms with Crippen molar-refractivity contribution in [3.8, 4) is 0 Å². The third-order valence-electron chi connectivity index (χ3n) is 2.36. The van der Waals surface area contributed by atoms with Crippen LogP contribution in [-0.4, -0.2) is 10.1 Å². The number of aliphatic hydroxyl groups is 1. The molecule has 0 fully saturated rings. The van der Waals surface area contributed by atoms with Gasteiger partial charge in [0.05, 0.1) is 11.3 Å². The van der Waals surface area contributed by atoms with Crippen molar-refractivity contribution in [2.45, 2.75) is 13.0 Å². The van der Waals surface area contributed by atoms with Crippen molar-refractivity contribution >= 4 is 17.4 Å². The molecule has 0 saturated carbocycles. The molecular formula is C11H11ClN2O2. The maximum Gasteiger partial charge on any atom is 0.140 e. The predicted molar refractivity (Wildman–Crippen MR) is 61.2 cm³/mol. The van der Waals surface area contributed by atoms with Crippen molar-refractivity contribution in [3.05, 3.63) is 46.5 Å². The summed E-state index contributed by atoms with van der Waals surface area (Å²) in [6, 6.07) is 3.35. The summed E-state index contributed by atoms with van der Waals surface area (Å²) in [4.78, 5) is 3.88. The Hall–Kier alpha value is -1.52. The monoisotopic (exact) mass is 238 g/mol. The van der Waals surface area contributed by atoms with Crippen LogP contribution in [0.15, 0.2) is 29.0 Å². The van der Waals surface area contributed by atoms with Crippen molar-refractivity contribution in [1.29, 1.82) is 0 Å². The number of hydrogen-bond donors (Lipinski definition) is 2. The summed E-state index contributed by atoms with van der Waals surface area (Å²) in [7, 11) is 0. The molecule has 0 radical (unpaired) electrons. The molecule has 5 heteroatoms. The van der Waals surface area contributed by atoms with Gasteiger partial charge in [-0.15, -0.1) is 0 Å². The molecule has 2 rings (SSSR count). The Morgan fingerprint density at radius 2 is 2.31 bits per heavy atom. The molecule has 84 valence electrons. The summed E-state index contributed by atoms with van der Waals surface area (Å²) in [5.74, 6) is 0.698. The molecule has 0 bridgehead atoms. The molecule has 0 aromatic carbocycles. The van der Waals surface area contributed by atoms with E-state index in [1.807, 2.05) is 6.92 Å². The van der Waals surface area contributed by atoms with Crippen LogP contribution in [-0.2, 0) is 0 Å². The zero-order valence-corrected chi connectivity index (χ0v) is 9.40. The molecular weight excluding hydrogens is 228 g/mol. The number of hydrogen-bond acceptors (Lipinski definition) is 4. The first-order chi connectivity index (χ1) is 7.59. The highest BCUT2D eigenvalue weighted by molar-refractivity contribution is 6.30. The topological polar surface area (TPSA) is 72.3 Å². The minimum Gasteiger partial charge on any atom is -0.466 e. The predicted octanol–water partition coefficient (Wildman–Crippen LogP) is 2.30. The summed E-state index contributed by atoms with van der Waals surface area (Å²) in [5, 5.41) is 10.5. The van der Waals surface area contributed by atoms with Gasteiger partial charge in [-0.25, -0.2) is 4.98 Å². The molecule has 1 atom stereocenters. The number of rotatable bonds is 2. The molecule has 3 N–H and O–H groups in total. The molecule has 2 heterocycles. The number of nitrogen functional groups attached to an aromatic ring is 1. The van der Waals surface area contributed by atoms with Gasteiger partial charge in [0.25, 0.3) is 0 Å². The second kappa shape index (κ2) is 4.15. The van der Waals surface area contributed by atoms with Gasteiger partial charge >= 0.3 is 0 Å². The van der Waals surface area contributed by atoms with Gasteiger partial charge in [0.2, 0.25) is 0 Å². The van der Waals surface area contributed by atoms with E-state index in [0.717, 1.165) is 5.56 Å². The molecule has 4 nitrogen and oxygen atoms in total. The smallest absolute Gasteiger partial charge is 0.140 e. The first-order valence-electron chi connectivity index (χ1n) is 4.72. The second-order valence-electron chi connectivity index (χ2n) is 3.50. The standard InChI is InChI=1S/C11H11ClN2O2/c1-6-2-3-16-10(6)9(15)8-4-7(12)5-14-11(8)13/h2-5,9,15H,1H3,(H2,13,14). The SMILES string of the molecule is Cc1ccoc1C(O)c1cc(Cl)cnc1N. The zero-order chi connectivity index (χ0) is 11.7. The molecule has 0 aliphatic rings. The Balaban J connectivity index is 2.45. The van der Waals surface area contributed by atoms with Crippen molar-refractivity contribution in [2.75, 3.05) is 5.73 Å². The number of aliphatic hydroxyl groups excluding tert-OH is 1. The lowest BCUT2D eigenvalue weighted by Crippen LogP contribution is -2.05. The van der Waals surface area contributed by atoms with Gasteiger partial charge in [-0.05, 0) is 24.6 Å². The maximum atomic E-state index is 10.1. The fourth-order valence-corrected chi connectivity index (χ4v) is 1.66. The highest BCUT2D eigenvalue weighted by Crippen LogP contribution is 2.29. The summed E-state index contributed by atoms with van der Waals surface area (Å²) >= 11 is 5.80. The highest BCUT2D eigenvalue weighted by Gasteiger charge is 2.19. The lowest BCUT2D eigenvalue weighted by atomic mass is 10.1. The van der Waals surface area contributed by atoms with E-state index >= 15 is 0 Å². The first kappa shape index (κ1) is 11.0. The van der Waals surface area contributed by atoms with E-state index in [2.05, 4.69) is 4.98 Å². The number of furan rings is 1. The molecule has 0 saturated heterocycles. The average molecular weight is 239 g/mol. The number of aromatic nitrogens is 1. The number of anilines is 1. The van der Waals surface area contributed by atoms with E-state index in [-0.39, 0.29) is 5.82 Å². The van der Waals surface area contributed by atoms with Crippen LogP contribution < -0.4 is 5.73 Å². The average Bonchev–Trinajstić information content (AvgIpc) is 2.67.